The van der Waals surface area contributed by atoms with Crippen molar-refractivity contribution in [2.45, 2.75) is 13.8 Å². The first kappa shape index (κ1) is 9.65. The molecule has 0 saturated carbocycles. The van der Waals surface area contributed by atoms with Crippen LogP contribution in [0.25, 0.3) is 11.3 Å². The normalized spacial score (nSPS) is 10.3. The molecule has 1 aromatic heterocycles. The average molecular weight is 200 g/mol. The number of H-pyrrole nitrogens is 1. The third kappa shape index (κ3) is 1.81. The molecule has 2 rings (SSSR count). The molecule has 76 valence electrons. The molecule has 0 saturated heterocycles. The Morgan fingerprint density at radius 3 is 2.67 bits per heavy atom. The van der Waals surface area contributed by atoms with E-state index in [0.29, 0.717) is 5.69 Å². The minimum absolute atomic E-state index is 0.435. The van der Waals surface area contributed by atoms with E-state index in [-0.39, 0.29) is 0 Å². The Kier molecular flexibility index (Phi) is 2.37. The summed E-state index contributed by atoms with van der Waals surface area (Å²) in [5.74, 6) is 0. The largest absolute Gasteiger partial charge is 0.296 e. The van der Waals surface area contributed by atoms with Gasteiger partial charge in [0.15, 0.2) is 6.29 Å². The van der Waals surface area contributed by atoms with Crippen molar-refractivity contribution in [2.75, 3.05) is 0 Å². The van der Waals surface area contributed by atoms with Crippen LogP contribution in [0.2, 0.25) is 0 Å². The van der Waals surface area contributed by atoms with Crippen LogP contribution in [0.1, 0.15) is 21.6 Å². The molecule has 1 N–H and O–H groups in total. The lowest BCUT2D eigenvalue weighted by atomic mass is 10.0. The monoisotopic (exact) mass is 200 g/mol. The first-order valence-electron chi connectivity index (χ1n) is 4.79. The molecule has 1 aromatic carbocycles. The number of nitrogens with one attached hydrogen (secondary N) is 1. The molecule has 0 atom stereocenters. The number of carbonyl (C=O) groups is 1. The first-order valence-corrected chi connectivity index (χ1v) is 4.79. The summed E-state index contributed by atoms with van der Waals surface area (Å²) in [5, 5.41) is 6.73. The number of carbonyl (C=O) groups excluding carboxylic acids is 1. The third-order valence-electron chi connectivity index (χ3n) is 2.39. The summed E-state index contributed by atoms with van der Waals surface area (Å²) in [4.78, 5) is 10.5. The highest BCUT2D eigenvalue weighted by Crippen LogP contribution is 2.22. The molecule has 0 aliphatic heterocycles. The second-order valence-corrected chi connectivity index (χ2v) is 3.64. The fourth-order valence-corrected chi connectivity index (χ4v) is 1.65. The predicted octanol–water partition coefficient (Wildman–Crippen LogP) is 2.51. The predicted molar refractivity (Wildman–Crippen MR) is 58.9 cm³/mol. The molecule has 3 nitrogen and oxygen atoms in total. The van der Waals surface area contributed by atoms with Crippen molar-refractivity contribution < 1.29 is 4.79 Å². The Bertz CT molecular complexity index is 500. The Balaban J connectivity index is 2.49. The number of aromatic nitrogens is 2. The van der Waals surface area contributed by atoms with Crippen LogP contribution >= 0.6 is 0 Å². The highest BCUT2D eigenvalue weighted by molar-refractivity contribution is 5.76. The van der Waals surface area contributed by atoms with E-state index in [1.54, 1.807) is 6.07 Å². The van der Waals surface area contributed by atoms with Crippen molar-refractivity contribution in [2.24, 2.45) is 0 Å². The number of hydrogen-bond acceptors (Lipinski definition) is 2. The molecule has 0 radical (unpaired) electrons. The molecule has 0 amide bonds. The van der Waals surface area contributed by atoms with E-state index in [1.165, 1.54) is 11.1 Å². The van der Waals surface area contributed by atoms with Gasteiger partial charge in [0.2, 0.25) is 0 Å². The summed E-state index contributed by atoms with van der Waals surface area (Å²) in [5.41, 5.74) is 4.81. The van der Waals surface area contributed by atoms with E-state index < -0.39 is 0 Å². The second-order valence-electron chi connectivity index (χ2n) is 3.64. The summed E-state index contributed by atoms with van der Waals surface area (Å²) >= 11 is 0. The van der Waals surface area contributed by atoms with Gasteiger partial charge >= 0.3 is 0 Å². The molecule has 15 heavy (non-hydrogen) atoms. The molecule has 1 heterocycles. The maximum absolute atomic E-state index is 10.5. The van der Waals surface area contributed by atoms with Gasteiger partial charge in [-0.15, -0.1) is 0 Å². The van der Waals surface area contributed by atoms with Crippen molar-refractivity contribution in [3.8, 4) is 11.3 Å². The zero-order chi connectivity index (χ0) is 10.8. The fraction of sp³-hybridized carbons (Fsp3) is 0.167. The van der Waals surface area contributed by atoms with Crippen molar-refractivity contribution >= 4 is 6.29 Å². The quantitative estimate of drug-likeness (QED) is 0.757. The lowest BCUT2D eigenvalue weighted by Gasteiger charge is -2.03. The van der Waals surface area contributed by atoms with Gasteiger partial charge in [-0.2, -0.15) is 5.10 Å². The molecule has 2 aromatic rings. The van der Waals surface area contributed by atoms with Crippen LogP contribution in [0.5, 0.6) is 0 Å². The Morgan fingerprint density at radius 1 is 1.27 bits per heavy atom. The number of benzene rings is 1. The Morgan fingerprint density at radius 2 is 2.07 bits per heavy atom. The second kappa shape index (κ2) is 3.69. The average Bonchev–Trinajstić information content (AvgIpc) is 2.66. The lowest BCUT2D eigenvalue weighted by Crippen LogP contribution is -1.84. The fourth-order valence-electron chi connectivity index (χ4n) is 1.65. The van der Waals surface area contributed by atoms with Crippen molar-refractivity contribution in [1.82, 2.24) is 10.2 Å². The van der Waals surface area contributed by atoms with Gasteiger partial charge in [0.05, 0.1) is 5.69 Å². The number of nitrogens with zero attached hydrogens (tertiary/aromatic N) is 1. The molecule has 0 spiro atoms. The van der Waals surface area contributed by atoms with Crippen LogP contribution < -0.4 is 0 Å². The highest BCUT2D eigenvalue weighted by Gasteiger charge is 2.05. The SMILES string of the molecule is Cc1ccc(-c2cc(C=O)n[nH]2)c(C)c1. The number of aromatic amines is 1. The van der Waals surface area contributed by atoms with Gasteiger partial charge in [0.25, 0.3) is 0 Å². The van der Waals surface area contributed by atoms with E-state index in [1.807, 2.05) is 19.1 Å². The molecular weight excluding hydrogens is 188 g/mol. The summed E-state index contributed by atoms with van der Waals surface area (Å²) in [6.45, 7) is 4.10. The van der Waals surface area contributed by atoms with Gasteiger partial charge in [-0.05, 0) is 25.5 Å². The van der Waals surface area contributed by atoms with Gasteiger partial charge in [-0.25, -0.2) is 0 Å². The molecule has 0 aliphatic rings. The van der Waals surface area contributed by atoms with Crippen LogP contribution in [0.3, 0.4) is 0 Å². The van der Waals surface area contributed by atoms with Gasteiger partial charge in [0.1, 0.15) is 5.69 Å². The summed E-state index contributed by atoms with van der Waals surface area (Å²) in [6, 6.07) is 7.94. The van der Waals surface area contributed by atoms with E-state index >= 15 is 0 Å². The van der Waals surface area contributed by atoms with E-state index in [0.717, 1.165) is 17.5 Å². The van der Waals surface area contributed by atoms with Crippen LogP contribution in [-0.2, 0) is 0 Å². The number of aldehydes is 1. The zero-order valence-electron chi connectivity index (χ0n) is 8.74. The molecule has 3 heteroatoms. The van der Waals surface area contributed by atoms with E-state index in [2.05, 4.69) is 23.2 Å². The highest BCUT2D eigenvalue weighted by atomic mass is 16.1. The van der Waals surface area contributed by atoms with Crippen molar-refractivity contribution in [1.29, 1.82) is 0 Å². The summed E-state index contributed by atoms with van der Waals surface area (Å²) < 4.78 is 0. The molecule has 0 unspecified atom stereocenters. The van der Waals surface area contributed by atoms with E-state index in [9.17, 15) is 4.79 Å². The van der Waals surface area contributed by atoms with Gasteiger partial charge < -0.3 is 0 Å². The van der Waals surface area contributed by atoms with Gasteiger partial charge in [-0.3, -0.25) is 9.89 Å². The van der Waals surface area contributed by atoms with Gasteiger partial charge in [-0.1, -0.05) is 23.8 Å². The molecule has 0 fully saturated rings. The van der Waals surface area contributed by atoms with Crippen molar-refractivity contribution in [3.63, 3.8) is 0 Å². The smallest absolute Gasteiger partial charge is 0.170 e. The third-order valence-corrected chi connectivity index (χ3v) is 2.39. The maximum Gasteiger partial charge on any atom is 0.170 e. The lowest BCUT2D eigenvalue weighted by molar-refractivity contribution is 0.111. The van der Waals surface area contributed by atoms with Gasteiger partial charge in [0, 0.05) is 5.56 Å². The van der Waals surface area contributed by atoms with E-state index in [4.69, 9.17) is 0 Å². The standard InChI is InChI=1S/C12H12N2O/c1-8-3-4-11(9(2)5-8)12-6-10(7-15)13-14-12/h3-7H,1-2H3,(H,13,14). The zero-order valence-corrected chi connectivity index (χ0v) is 8.74. The maximum atomic E-state index is 10.5. The summed E-state index contributed by atoms with van der Waals surface area (Å²) in [6.07, 6.45) is 0.740. The number of aryl methyl sites for hydroxylation is 2. The first-order chi connectivity index (χ1) is 7.20. The topological polar surface area (TPSA) is 45.8 Å². The van der Waals surface area contributed by atoms with Crippen LogP contribution in [0, 0.1) is 13.8 Å². The molecule has 0 bridgehead atoms. The number of rotatable bonds is 2. The van der Waals surface area contributed by atoms with Crippen molar-refractivity contribution in [3.05, 3.63) is 41.1 Å². The minimum atomic E-state index is 0.435. The van der Waals surface area contributed by atoms with Crippen LogP contribution in [-0.4, -0.2) is 16.5 Å². The van der Waals surface area contributed by atoms with Crippen LogP contribution in [0.15, 0.2) is 24.3 Å². The van der Waals surface area contributed by atoms with Crippen LogP contribution in [0.4, 0.5) is 0 Å². The Labute approximate surface area is 88.1 Å². The number of hydrogen-bond donors (Lipinski definition) is 1. The minimum Gasteiger partial charge on any atom is -0.296 e. The summed E-state index contributed by atoms with van der Waals surface area (Å²) in [7, 11) is 0. The Hall–Kier alpha value is -1.90. The molecular formula is C12H12N2O. The molecule has 0 aliphatic carbocycles.